The van der Waals surface area contributed by atoms with Gasteiger partial charge in [0.1, 0.15) is 0 Å². The Kier molecular flexibility index (Phi) is 4.79. The fourth-order valence-electron chi connectivity index (χ4n) is 3.65. The summed E-state index contributed by atoms with van der Waals surface area (Å²) >= 11 is 0. The Labute approximate surface area is 159 Å². The van der Waals surface area contributed by atoms with E-state index in [1.54, 1.807) is 0 Å². The van der Waals surface area contributed by atoms with Crippen LogP contribution in [0.3, 0.4) is 0 Å². The predicted molar refractivity (Wildman–Crippen MR) is 105 cm³/mol. The van der Waals surface area contributed by atoms with Crippen LogP contribution in [0.4, 0.5) is 10.5 Å². The lowest BCUT2D eigenvalue weighted by atomic mass is 10.1. The number of amides is 2. The second kappa shape index (κ2) is 7.39. The second-order valence-electron chi connectivity index (χ2n) is 7.11. The average Bonchev–Trinajstić information content (AvgIpc) is 3.14. The molecule has 6 heteroatoms. The van der Waals surface area contributed by atoms with E-state index in [0.29, 0.717) is 6.54 Å². The first-order chi connectivity index (χ1) is 13.1. The molecule has 0 bridgehead atoms. The van der Waals surface area contributed by atoms with E-state index in [9.17, 15) is 4.79 Å². The Hall–Kier alpha value is -2.89. The molecule has 6 nitrogen and oxygen atoms in total. The summed E-state index contributed by atoms with van der Waals surface area (Å²) in [5.41, 5.74) is 4.83. The van der Waals surface area contributed by atoms with E-state index in [0.717, 1.165) is 43.2 Å². The molecule has 0 saturated carbocycles. The smallest absolute Gasteiger partial charge is 0.317 e. The SMILES string of the molecule is Cc1ccc(N2CCN(C(=O)NCc3ccc4c(c3)OCO4)CC2)c(C)c1. The number of hydrogen-bond donors (Lipinski definition) is 1. The van der Waals surface area contributed by atoms with Crippen molar-refractivity contribution in [3.63, 3.8) is 0 Å². The summed E-state index contributed by atoms with van der Waals surface area (Å²) in [7, 11) is 0. The molecule has 2 heterocycles. The van der Waals surface area contributed by atoms with Gasteiger partial charge in [0.15, 0.2) is 11.5 Å². The summed E-state index contributed by atoms with van der Waals surface area (Å²) in [4.78, 5) is 16.7. The Morgan fingerprint density at radius 1 is 1.00 bits per heavy atom. The van der Waals surface area contributed by atoms with Gasteiger partial charge in [-0.15, -0.1) is 0 Å². The van der Waals surface area contributed by atoms with Crippen LogP contribution >= 0.6 is 0 Å². The van der Waals surface area contributed by atoms with E-state index in [4.69, 9.17) is 9.47 Å². The highest BCUT2D eigenvalue weighted by atomic mass is 16.7. The fraction of sp³-hybridized carbons (Fsp3) is 0.381. The standard InChI is InChI=1S/C21H25N3O3/c1-15-3-5-18(16(2)11-15)23-7-9-24(10-8-23)21(25)22-13-17-4-6-19-20(12-17)27-14-26-19/h3-6,11-12H,7-10,13-14H2,1-2H3,(H,22,25). The quantitative estimate of drug-likeness (QED) is 0.906. The van der Waals surface area contributed by atoms with Crippen molar-refractivity contribution in [2.75, 3.05) is 37.9 Å². The molecular formula is C21H25N3O3. The number of benzene rings is 2. The van der Waals surface area contributed by atoms with Crippen LogP contribution in [0.15, 0.2) is 36.4 Å². The van der Waals surface area contributed by atoms with Gasteiger partial charge in [0.25, 0.3) is 0 Å². The molecule has 0 aliphatic carbocycles. The minimum Gasteiger partial charge on any atom is -0.454 e. The molecule has 1 saturated heterocycles. The molecule has 27 heavy (non-hydrogen) atoms. The highest BCUT2D eigenvalue weighted by molar-refractivity contribution is 5.74. The molecule has 142 valence electrons. The lowest BCUT2D eigenvalue weighted by molar-refractivity contribution is 0.174. The Morgan fingerprint density at radius 3 is 2.56 bits per heavy atom. The van der Waals surface area contributed by atoms with Gasteiger partial charge >= 0.3 is 6.03 Å². The Balaban J connectivity index is 1.29. The Morgan fingerprint density at radius 2 is 1.78 bits per heavy atom. The number of nitrogens with zero attached hydrogens (tertiary/aromatic N) is 2. The molecule has 2 amide bonds. The number of anilines is 1. The van der Waals surface area contributed by atoms with Crippen molar-refractivity contribution in [1.82, 2.24) is 10.2 Å². The molecular weight excluding hydrogens is 342 g/mol. The average molecular weight is 367 g/mol. The number of hydrogen-bond acceptors (Lipinski definition) is 4. The van der Waals surface area contributed by atoms with Crippen molar-refractivity contribution in [3.8, 4) is 11.5 Å². The molecule has 1 fully saturated rings. The molecule has 0 radical (unpaired) electrons. The molecule has 0 atom stereocenters. The monoisotopic (exact) mass is 367 g/mol. The topological polar surface area (TPSA) is 54.0 Å². The first kappa shape index (κ1) is 17.5. The summed E-state index contributed by atoms with van der Waals surface area (Å²) in [5.74, 6) is 1.50. The van der Waals surface area contributed by atoms with Gasteiger partial charge in [-0.25, -0.2) is 4.79 Å². The zero-order valence-corrected chi connectivity index (χ0v) is 15.8. The number of ether oxygens (including phenoxy) is 2. The Bertz CT molecular complexity index is 845. The van der Waals surface area contributed by atoms with Crippen molar-refractivity contribution in [1.29, 1.82) is 0 Å². The minimum atomic E-state index is -0.0204. The highest BCUT2D eigenvalue weighted by Gasteiger charge is 2.22. The fourth-order valence-corrected chi connectivity index (χ4v) is 3.65. The number of piperazine rings is 1. The predicted octanol–water partition coefficient (Wildman–Crippen LogP) is 3.06. The maximum Gasteiger partial charge on any atom is 0.317 e. The third-order valence-electron chi connectivity index (χ3n) is 5.14. The van der Waals surface area contributed by atoms with E-state index >= 15 is 0 Å². The summed E-state index contributed by atoms with van der Waals surface area (Å²) in [6.07, 6.45) is 0. The highest BCUT2D eigenvalue weighted by Crippen LogP contribution is 2.32. The van der Waals surface area contributed by atoms with E-state index < -0.39 is 0 Å². The number of carbonyl (C=O) groups is 1. The van der Waals surface area contributed by atoms with Gasteiger partial charge in [0.2, 0.25) is 6.79 Å². The first-order valence-electron chi connectivity index (χ1n) is 9.34. The molecule has 2 aliphatic rings. The van der Waals surface area contributed by atoms with Crippen LogP contribution < -0.4 is 19.7 Å². The third-order valence-corrected chi connectivity index (χ3v) is 5.14. The van der Waals surface area contributed by atoms with Gasteiger partial charge in [-0.1, -0.05) is 23.8 Å². The van der Waals surface area contributed by atoms with Crippen LogP contribution in [0, 0.1) is 13.8 Å². The van der Waals surface area contributed by atoms with Crippen molar-refractivity contribution >= 4 is 11.7 Å². The van der Waals surface area contributed by atoms with Crippen LogP contribution in [-0.2, 0) is 6.54 Å². The molecule has 0 aromatic heterocycles. The number of urea groups is 1. The van der Waals surface area contributed by atoms with Gasteiger partial charge < -0.3 is 24.6 Å². The van der Waals surface area contributed by atoms with Gasteiger partial charge in [0, 0.05) is 38.4 Å². The van der Waals surface area contributed by atoms with Crippen LogP contribution in [0.5, 0.6) is 11.5 Å². The maximum atomic E-state index is 12.5. The van der Waals surface area contributed by atoms with E-state index in [1.807, 2.05) is 23.1 Å². The van der Waals surface area contributed by atoms with E-state index in [-0.39, 0.29) is 12.8 Å². The lowest BCUT2D eigenvalue weighted by Crippen LogP contribution is -2.51. The molecule has 0 spiro atoms. The summed E-state index contributed by atoms with van der Waals surface area (Å²) < 4.78 is 10.7. The zero-order valence-electron chi connectivity index (χ0n) is 15.8. The molecule has 2 aromatic carbocycles. The third kappa shape index (κ3) is 3.79. The molecule has 2 aromatic rings. The second-order valence-corrected chi connectivity index (χ2v) is 7.11. The lowest BCUT2D eigenvalue weighted by Gasteiger charge is -2.36. The van der Waals surface area contributed by atoms with E-state index in [1.165, 1.54) is 16.8 Å². The number of fused-ring (bicyclic) bond motifs is 1. The molecule has 4 rings (SSSR count). The van der Waals surface area contributed by atoms with Crippen LogP contribution in [-0.4, -0.2) is 43.9 Å². The largest absolute Gasteiger partial charge is 0.454 e. The molecule has 0 unspecified atom stereocenters. The normalized spacial score (nSPS) is 15.8. The van der Waals surface area contributed by atoms with Crippen molar-refractivity contribution in [3.05, 3.63) is 53.1 Å². The van der Waals surface area contributed by atoms with Crippen LogP contribution in [0.25, 0.3) is 0 Å². The summed E-state index contributed by atoms with van der Waals surface area (Å²) in [6.45, 7) is 8.14. The van der Waals surface area contributed by atoms with Gasteiger partial charge in [-0.2, -0.15) is 0 Å². The number of nitrogens with one attached hydrogen (secondary N) is 1. The van der Waals surface area contributed by atoms with Crippen molar-refractivity contribution in [2.45, 2.75) is 20.4 Å². The number of carbonyl (C=O) groups excluding carboxylic acids is 1. The summed E-state index contributed by atoms with van der Waals surface area (Å²) in [6, 6.07) is 12.3. The van der Waals surface area contributed by atoms with Crippen molar-refractivity contribution < 1.29 is 14.3 Å². The molecule has 1 N–H and O–H groups in total. The van der Waals surface area contributed by atoms with E-state index in [2.05, 4.69) is 42.3 Å². The number of rotatable bonds is 3. The number of aryl methyl sites for hydroxylation is 2. The van der Waals surface area contributed by atoms with Crippen LogP contribution in [0.1, 0.15) is 16.7 Å². The maximum absolute atomic E-state index is 12.5. The van der Waals surface area contributed by atoms with Crippen molar-refractivity contribution in [2.24, 2.45) is 0 Å². The molecule has 2 aliphatic heterocycles. The van der Waals surface area contributed by atoms with Gasteiger partial charge in [-0.3, -0.25) is 0 Å². The summed E-state index contributed by atoms with van der Waals surface area (Å²) in [5, 5.41) is 3.01. The van der Waals surface area contributed by atoms with Gasteiger partial charge in [0.05, 0.1) is 0 Å². The zero-order chi connectivity index (χ0) is 18.8. The first-order valence-corrected chi connectivity index (χ1v) is 9.34. The van der Waals surface area contributed by atoms with Gasteiger partial charge in [-0.05, 0) is 43.2 Å². The van der Waals surface area contributed by atoms with Crippen LogP contribution in [0.2, 0.25) is 0 Å². The minimum absolute atomic E-state index is 0.0204.